The first kappa shape index (κ1) is 95.7. The number of amides is 4. The lowest BCUT2D eigenvalue weighted by Crippen LogP contribution is -2.46. The molecule has 10 heterocycles. The fourth-order valence-electron chi connectivity index (χ4n) is 22.3. The number of nitrogens with zero attached hydrogens (tertiary/aromatic N) is 6. The van der Waals surface area contributed by atoms with E-state index in [1.54, 1.807) is 43.9 Å². The molecule has 26 nitrogen and oxygen atoms in total. The summed E-state index contributed by atoms with van der Waals surface area (Å²) in [7, 11) is 5.27. The van der Waals surface area contributed by atoms with Crippen molar-refractivity contribution < 1.29 is 104 Å². The van der Waals surface area contributed by atoms with Crippen LogP contribution in [0.5, 0.6) is 0 Å². The summed E-state index contributed by atoms with van der Waals surface area (Å²) in [5.74, 6) is -5.95. The molecule has 6 aromatic carbocycles. The van der Waals surface area contributed by atoms with Crippen molar-refractivity contribution in [2.45, 2.75) is 202 Å². The second kappa shape index (κ2) is 44.7. The van der Waals surface area contributed by atoms with Crippen molar-refractivity contribution >= 4 is 82.0 Å². The second-order valence-electron chi connectivity index (χ2n) is 37.3. The van der Waals surface area contributed by atoms with Gasteiger partial charge >= 0.3 is 23.9 Å². The third-order valence-corrected chi connectivity index (χ3v) is 29.5. The van der Waals surface area contributed by atoms with Crippen molar-refractivity contribution in [1.82, 2.24) is 19.6 Å². The number of carbonyl (C=O) groups is 12. The number of ketones is 4. The lowest BCUT2D eigenvalue weighted by Gasteiger charge is -2.33. The molecular formula is C104H124F2N6O20. The van der Waals surface area contributed by atoms with Gasteiger partial charge in [-0.05, 0) is 219 Å². The molecule has 16 rings (SSSR count). The Morgan fingerprint density at radius 1 is 0.295 bits per heavy atom. The van der Waals surface area contributed by atoms with Gasteiger partial charge in [0, 0.05) is 89.7 Å². The van der Waals surface area contributed by atoms with Gasteiger partial charge in [0.25, 0.3) is 0 Å². The number of likely N-dealkylation sites (tertiary alicyclic amines) is 4. The molecule has 0 spiro atoms. The Labute approximate surface area is 770 Å². The predicted molar refractivity (Wildman–Crippen MR) is 483 cm³/mol. The SMILES string of the molecule is COC(=O)C[C@H](C(=O)N1CCC[C@H]1C(=O)Cc1ccc([C@@H]2CC[C@@H](c3ccc(CC(=O)[C@@H]4CCCN4C(=O)[C@@H](CC(=O)OC)[C@H]4CCOC4)cc3)N2c2ccc(F)cc2)cc1)[C@H]1CCOC1.COC(=O)C[C@H](C(=O)N1CCC[C@H]1C(=O)Cc1ccc([C@H]2CC[C@H](c3ccc(CC(=O)[C@@H]4CCCN4C(=O)[C@@H](CC(=O)OC)[C@H]4CCOC4)cc3)N2c2ccc(F)cc2)cc1)[C@H]1CCOC1. The minimum Gasteiger partial charge on any atom is -0.469 e. The number of benzene rings is 6. The molecule has 6 aromatic rings. The molecule has 28 heteroatoms. The summed E-state index contributed by atoms with van der Waals surface area (Å²) in [4.78, 5) is 172. The number of Topliss-reactive ketones (excluding diaryl/α,β-unsaturated/α-hetero) is 4. The first-order chi connectivity index (χ1) is 64.0. The molecule has 0 aromatic heterocycles. The van der Waals surface area contributed by atoms with E-state index in [9.17, 15) is 66.3 Å². The van der Waals surface area contributed by atoms with Crippen molar-refractivity contribution in [3.05, 3.63) is 202 Å². The van der Waals surface area contributed by atoms with Crippen LogP contribution in [0.15, 0.2) is 146 Å². The maximum atomic E-state index is 14.3. The monoisotopic (exact) mass is 1810 g/mol. The molecule has 704 valence electrons. The Kier molecular flexibility index (Phi) is 32.4. The Bertz CT molecular complexity index is 4460. The lowest BCUT2D eigenvalue weighted by atomic mass is 9.87. The number of esters is 4. The zero-order valence-corrected chi connectivity index (χ0v) is 76.2. The van der Waals surface area contributed by atoms with Crippen molar-refractivity contribution in [2.24, 2.45) is 47.3 Å². The molecule has 10 saturated heterocycles. The van der Waals surface area contributed by atoms with E-state index in [1.165, 1.54) is 52.7 Å². The third kappa shape index (κ3) is 22.6. The molecule has 0 radical (unpaired) electrons. The van der Waals surface area contributed by atoms with Gasteiger partial charge in [0.2, 0.25) is 23.6 Å². The molecule has 4 amide bonds. The summed E-state index contributed by atoms with van der Waals surface area (Å²) in [5, 5.41) is 0. The van der Waals surface area contributed by atoms with Crippen molar-refractivity contribution in [3.63, 3.8) is 0 Å². The van der Waals surface area contributed by atoms with E-state index in [4.69, 9.17) is 37.9 Å². The number of anilines is 2. The second-order valence-corrected chi connectivity index (χ2v) is 37.3. The highest BCUT2D eigenvalue weighted by Gasteiger charge is 2.48. The van der Waals surface area contributed by atoms with Gasteiger partial charge in [-0.25, -0.2) is 8.78 Å². The molecule has 0 bridgehead atoms. The lowest BCUT2D eigenvalue weighted by molar-refractivity contribution is -0.149. The predicted octanol–water partition coefficient (Wildman–Crippen LogP) is 13.1. The molecule has 0 unspecified atom stereocenters. The van der Waals surface area contributed by atoms with E-state index in [-0.39, 0.29) is 158 Å². The summed E-state index contributed by atoms with van der Waals surface area (Å²) in [6, 6.07) is 43.0. The van der Waals surface area contributed by atoms with Crippen LogP contribution >= 0.6 is 0 Å². The van der Waals surface area contributed by atoms with Crippen LogP contribution in [0.1, 0.15) is 197 Å². The van der Waals surface area contributed by atoms with E-state index < -0.39 is 71.7 Å². The van der Waals surface area contributed by atoms with Gasteiger partial charge in [-0.3, -0.25) is 57.5 Å². The average Bonchev–Trinajstić information content (AvgIpc) is 1.62. The summed E-state index contributed by atoms with van der Waals surface area (Å²) >= 11 is 0. The fourth-order valence-corrected chi connectivity index (χ4v) is 22.3. The molecule has 10 aliphatic heterocycles. The Morgan fingerprint density at radius 2 is 0.508 bits per heavy atom. The maximum absolute atomic E-state index is 14.3. The number of halogens is 2. The number of carbonyl (C=O) groups excluding carboxylic acids is 12. The molecule has 0 N–H and O–H groups in total. The molecule has 132 heavy (non-hydrogen) atoms. The molecule has 10 aliphatic rings. The number of hydrogen-bond donors (Lipinski definition) is 0. The van der Waals surface area contributed by atoms with Crippen LogP contribution < -0.4 is 9.80 Å². The number of rotatable bonds is 34. The van der Waals surface area contributed by atoms with Gasteiger partial charge in [-0.15, -0.1) is 0 Å². The minimum atomic E-state index is -0.585. The first-order valence-electron chi connectivity index (χ1n) is 47.4. The van der Waals surface area contributed by atoms with Crippen molar-refractivity contribution in [3.8, 4) is 0 Å². The molecule has 10 fully saturated rings. The summed E-state index contributed by atoms with van der Waals surface area (Å²) in [6.07, 6.45) is 11.8. The maximum Gasteiger partial charge on any atom is 0.306 e. The average molecular weight is 1820 g/mol. The van der Waals surface area contributed by atoms with Gasteiger partial charge in [0.15, 0.2) is 23.1 Å². The zero-order valence-electron chi connectivity index (χ0n) is 76.2. The molecule has 0 saturated carbocycles. The van der Waals surface area contributed by atoms with Crippen LogP contribution in [0.4, 0.5) is 20.2 Å². The third-order valence-electron chi connectivity index (χ3n) is 29.5. The molecule has 16 atom stereocenters. The highest BCUT2D eigenvalue weighted by Crippen LogP contribution is 2.50. The summed E-state index contributed by atoms with van der Waals surface area (Å²) < 4.78 is 70.4. The number of methoxy groups -OCH3 is 4. The van der Waals surface area contributed by atoms with E-state index >= 15 is 0 Å². The van der Waals surface area contributed by atoms with Crippen molar-refractivity contribution in [2.75, 3.05) is 117 Å². The Balaban J connectivity index is 0.000000202. The molecular weight excluding hydrogens is 1690 g/mol. The normalized spacial score (nSPS) is 24.9. The van der Waals surface area contributed by atoms with Gasteiger partial charge in [0.1, 0.15) is 11.6 Å². The molecule has 0 aliphatic carbocycles. The van der Waals surface area contributed by atoms with Gasteiger partial charge in [0.05, 0.1) is 153 Å². The standard InChI is InChI=1S/2C52H62FN3O10/c2*1-63-49(59)29-41(37-21-25-65-31-37)51(61)54-23-3-5-45(54)47(57)27-33-7-11-35(12-8-33)43-19-20-44(56(43)40-17-15-39(53)16-18-40)36-13-9-34(10-14-36)28-48(58)46-6-4-24-55(46)52(62)42(30-50(60)64-2)38-22-26-66-32-38/h2*7-18,37-38,41-46H,3-6,19-32H2,1-2H3/t37-,38-,41-,42-,43+,44+,45-,46-;37-,38-,41-,42-,43-,44-,45-,46-/m00/s1. The van der Waals surface area contributed by atoms with E-state index in [0.717, 1.165) is 107 Å². The van der Waals surface area contributed by atoms with Crippen LogP contribution in [0.3, 0.4) is 0 Å². The Morgan fingerprint density at radius 3 is 0.697 bits per heavy atom. The van der Waals surface area contributed by atoms with Gasteiger partial charge in [-0.1, -0.05) is 97.1 Å². The zero-order chi connectivity index (χ0) is 92.6. The van der Waals surface area contributed by atoms with Crippen LogP contribution in [0.2, 0.25) is 0 Å². The highest BCUT2D eigenvalue weighted by atomic mass is 19.1. The van der Waals surface area contributed by atoms with Crippen LogP contribution in [-0.4, -0.2) is 222 Å². The largest absolute Gasteiger partial charge is 0.469 e. The smallest absolute Gasteiger partial charge is 0.306 e. The number of ether oxygens (including phenoxy) is 8. The van der Waals surface area contributed by atoms with Crippen LogP contribution in [0, 0.1) is 59.0 Å². The van der Waals surface area contributed by atoms with E-state index in [1.807, 2.05) is 48.5 Å². The van der Waals surface area contributed by atoms with Gasteiger partial charge < -0.3 is 67.3 Å². The first-order valence-corrected chi connectivity index (χ1v) is 47.4. The summed E-state index contributed by atoms with van der Waals surface area (Å²) in [5.41, 5.74) is 9.40. The van der Waals surface area contributed by atoms with Crippen molar-refractivity contribution in [1.29, 1.82) is 0 Å². The fraction of sp³-hybridized carbons (Fsp3) is 0.538. The topological polar surface area (TPSA) is 298 Å². The number of hydrogen-bond acceptors (Lipinski definition) is 22. The quantitative estimate of drug-likeness (QED) is 0.0268. The Hall–Kier alpha value is -10.9. The van der Waals surface area contributed by atoms with Crippen LogP contribution in [-0.2, 0) is 121 Å². The van der Waals surface area contributed by atoms with Gasteiger partial charge in [-0.2, -0.15) is 0 Å². The van der Waals surface area contributed by atoms with E-state index in [0.29, 0.717) is 130 Å². The highest BCUT2D eigenvalue weighted by molar-refractivity contribution is 5.96. The summed E-state index contributed by atoms with van der Waals surface area (Å²) in [6.45, 7) is 5.70. The minimum absolute atomic E-state index is 0.0275. The van der Waals surface area contributed by atoms with E-state index in [2.05, 4.69) is 58.3 Å². The van der Waals surface area contributed by atoms with Crippen LogP contribution in [0.25, 0.3) is 0 Å².